The molecule has 0 unspecified atom stereocenters. The smallest absolute Gasteiger partial charge is 0.209 e. The highest BCUT2D eigenvalue weighted by atomic mass is 32.2. The molecule has 0 radical (unpaired) electrons. The zero-order chi connectivity index (χ0) is 13.9. The van der Waals surface area contributed by atoms with Crippen LogP contribution in [-0.4, -0.2) is 64.0 Å². The largest absolute Gasteiger partial charge is 0.394 e. The van der Waals surface area contributed by atoms with E-state index in [0.717, 1.165) is 30.5 Å². The summed E-state index contributed by atoms with van der Waals surface area (Å²) < 4.78 is 6.98. The van der Waals surface area contributed by atoms with Crippen molar-refractivity contribution in [3.05, 3.63) is 0 Å². The van der Waals surface area contributed by atoms with Crippen molar-refractivity contribution in [2.24, 2.45) is 5.92 Å². The quantitative estimate of drug-likeness (QED) is 0.439. The fourth-order valence-electron chi connectivity index (χ4n) is 1.37. The van der Waals surface area contributed by atoms with Crippen molar-refractivity contribution in [2.45, 2.75) is 25.5 Å². The number of tetrazole rings is 1. The van der Waals surface area contributed by atoms with E-state index in [1.807, 2.05) is 0 Å². The van der Waals surface area contributed by atoms with Crippen LogP contribution in [0.3, 0.4) is 0 Å². The van der Waals surface area contributed by atoms with Crippen LogP contribution >= 0.6 is 11.8 Å². The molecule has 0 aliphatic heterocycles. The third-order valence-electron chi connectivity index (χ3n) is 2.25. The first-order valence-electron chi connectivity index (χ1n) is 6.52. The van der Waals surface area contributed by atoms with Crippen LogP contribution < -0.4 is 5.32 Å². The Balaban J connectivity index is 2.18. The molecule has 1 rings (SSSR count). The normalized spacial score (nSPS) is 11.4. The first kappa shape index (κ1) is 16.4. The molecule has 0 saturated carbocycles. The van der Waals surface area contributed by atoms with E-state index in [-0.39, 0.29) is 6.61 Å². The minimum absolute atomic E-state index is 0.0594. The number of hydrogen-bond donors (Lipinski definition) is 2. The van der Waals surface area contributed by atoms with E-state index in [0.29, 0.717) is 19.1 Å². The van der Waals surface area contributed by atoms with E-state index in [1.54, 1.807) is 16.4 Å². The lowest BCUT2D eigenvalue weighted by molar-refractivity contribution is 0.103. The number of aliphatic hydroxyl groups is 1. The Morgan fingerprint density at radius 2 is 2.26 bits per heavy atom. The van der Waals surface area contributed by atoms with Gasteiger partial charge in [0.2, 0.25) is 5.16 Å². The summed E-state index contributed by atoms with van der Waals surface area (Å²) in [6.45, 7) is 8.00. The fraction of sp³-hybridized carbons (Fsp3) is 0.909. The Kier molecular flexibility index (Phi) is 8.72. The average molecular weight is 289 g/mol. The summed E-state index contributed by atoms with van der Waals surface area (Å²) in [7, 11) is 0. The molecule has 0 aliphatic rings. The number of rotatable bonds is 11. The minimum Gasteiger partial charge on any atom is -0.394 e. The van der Waals surface area contributed by atoms with Crippen molar-refractivity contribution in [3.8, 4) is 0 Å². The standard InChI is InChI=1S/C11H23N5O2S/c1-10(2)9-12-3-4-16-11(13-14-15-16)19-8-7-18-6-5-17/h10,12,17H,3-9H2,1-2H3. The summed E-state index contributed by atoms with van der Waals surface area (Å²) in [5.74, 6) is 1.42. The number of hydrogen-bond acceptors (Lipinski definition) is 7. The summed E-state index contributed by atoms with van der Waals surface area (Å²) >= 11 is 1.56. The van der Waals surface area contributed by atoms with E-state index in [2.05, 4.69) is 34.7 Å². The van der Waals surface area contributed by atoms with Crippen molar-refractivity contribution < 1.29 is 9.84 Å². The predicted molar refractivity (Wildman–Crippen MR) is 74.2 cm³/mol. The topological polar surface area (TPSA) is 85.1 Å². The van der Waals surface area contributed by atoms with Crippen molar-refractivity contribution in [1.82, 2.24) is 25.5 Å². The van der Waals surface area contributed by atoms with Gasteiger partial charge in [-0.3, -0.25) is 0 Å². The van der Waals surface area contributed by atoms with Crippen molar-refractivity contribution in [3.63, 3.8) is 0 Å². The summed E-state index contributed by atoms with van der Waals surface area (Å²) in [4.78, 5) is 0. The van der Waals surface area contributed by atoms with Crippen molar-refractivity contribution >= 4 is 11.8 Å². The van der Waals surface area contributed by atoms with Gasteiger partial charge >= 0.3 is 0 Å². The molecule has 0 fully saturated rings. The predicted octanol–water partition coefficient (Wildman–Crippen LogP) is 0.0197. The lowest BCUT2D eigenvalue weighted by Crippen LogP contribution is -2.24. The molecular formula is C11H23N5O2S. The molecule has 0 bridgehead atoms. The molecule has 7 nitrogen and oxygen atoms in total. The lowest BCUT2D eigenvalue weighted by atomic mass is 10.2. The highest BCUT2D eigenvalue weighted by molar-refractivity contribution is 7.99. The van der Waals surface area contributed by atoms with Gasteiger partial charge in [0.1, 0.15) is 0 Å². The molecule has 0 amide bonds. The Bertz CT molecular complexity index is 335. The van der Waals surface area contributed by atoms with Gasteiger partial charge in [0.25, 0.3) is 0 Å². The number of aromatic nitrogens is 4. The number of nitrogens with zero attached hydrogens (tertiary/aromatic N) is 4. The molecule has 8 heteroatoms. The number of nitrogens with one attached hydrogen (secondary N) is 1. The van der Waals surface area contributed by atoms with Gasteiger partial charge in [-0.05, 0) is 22.9 Å². The molecule has 19 heavy (non-hydrogen) atoms. The highest BCUT2D eigenvalue weighted by Gasteiger charge is 2.06. The number of aliphatic hydroxyl groups excluding tert-OH is 1. The van der Waals surface area contributed by atoms with Gasteiger partial charge in [-0.15, -0.1) is 5.10 Å². The fourth-order valence-corrected chi connectivity index (χ4v) is 2.13. The lowest BCUT2D eigenvalue weighted by Gasteiger charge is -2.08. The minimum atomic E-state index is 0.0594. The van der Waals surface area contributed by atoms with Crippen molar-refractivity contribution in [1.29, 1.82) is 0 Å². The molecule has 0 atom stereocenters. The van der Waals surface area contributed by atoms with Gasteiger partial charge in [-0.2, -0.15) is 0 Å². The summed E-state index contributed by atoms with van der Waals surface area (Å²) in [5, 5.41) is 24.4. The summed E-state index contributed by atoms with van der Waals surface area (Å²) in [5.41, 5.74) is 0. The average Bonchev–Trinajstić information content (AvgIpc) is 2.82. The maximum atomic E-state index is 8.58. The Morgan fingerprint density at radius 3 is 3.00 bits per heavy atom. The van der Waals surface area contributed by atoms with Gasteiger partial charge < -0.3 is 15.2 Å². The van der Waals surface area contributed by atoms with Crippen LogP contribution in [0.2, 0.25) is 0 Å². The summed E-state index contributed by atoms with van der Waals surface area (Å²) in [6, 6.07) is 0. The van der Waals surface area contributed by atoms with Gasteiger partial charge in [0.15, 0.2) is 0 Å². The van der Waals surface area contributed by atoms with Crippen LogP contribution in [0.4, 0.5) is 0 Å². The highest BCUT2D eigenvalue weighted by Crippen LogP contribution is 2.12. The Hall–Kier alpha value is -0.700. The number of thioether (sulfide) groups is 1. The van der Waals surface area contributed by atoms with Crippen LogP contribution in [0.25, 0.3) is 0 Å². The molecule has 1 aromatic rings. The van der Waals surface area contributed by atoms with E-state index >= 15 is 0 Å². The van der Waals surface area contributed by atoms with Crippen LogP contribution in [0.5, 0.6) is 0 Å². The van der Waals surface area contributed by atoms with Gasteiger partial charge in [0.05, 0.1) is 26.4 Å². The molecule has 0 spiro atoms. The molecule has 110 valence electrons. The Morgan fingerprint density at radius 1 is 1.42 bits per heavy atom. The van der Waals surface area contributed by atoms with Crippen LogP contribution in [0.15, 0.2) is 5.16 Å². The maximum absolute atomic E-state index is 8.58. The second kappa shape index (κ2) is 10.1. The van der Waals surface area contributed by atoms with E-state index in [4.69, 9.17) is 9.84 Å². The second-order valence-corrected chi connectivity index (χ2v) is 5.53. The third kappa shape index (κ3) is 7.46. The first-order chi connectivity index (χ1) is 9.24. The zero-order valence-electron chi connectivity index (χ0n) is 11.6. The molecule has 0 saturated heterocycles. The molecule has 2 N–H and O–H groups in total. The SMILES string of the molecule is CC(C)CNCCn1nnnc1SCCOCCO. The molecule has 1 heterocycles. The van der Waals surface area contributed by atoms with Gasteiger partial charge in [0, 0.05) is 12.3 Å². The molecular weight excluding hydrogens is 266 g/mol. The second-order valence-electron chi connectivity index (χ2n) is 4.47. The third-order valence-corrected chi connectivity index (χ3v) is 3.17. The maximum Gasteiger partial charge on any atom is 0.209 e. The first-order valence-corrected chi connectivity index (χ1v) is 7.51. The van der Waals surface area contributed by atoms with Crippen LogP contribution in [0.1, 0.15) is 13.8 Å². The molecule has 1 aromatic heterocycles. The van der Waals surface area contributed by atoms with Crippen molar-refractivity contribution in [2.75, 3.05) is 38.7 Å². The van der Waals surface area contributed by atoms with Gasteiger partial charge in [-0.25, -0.2) is 4.68 Å². The monoisotopic (exact) mass is 289 g/mol. The van der Waals surface area contributed by atoms with Gasteiger partial charge in [-0.1, -0.05) is 25.6 Å². The van der Waals surface area contributed by atoms with Crippen LogP contribution in [-0.2, 0) is 11.3 Å². The van der Waals surface area contributed by atoms with Crippen LogP contribution in [0, 0.1) is 5.92 Å². The number of ether oxygens (including phenoxy) is 1. The molecule has 0 aromatic carbocycles. The van der Waals surface area contributed by atoms with E-state index in [9.17, 15) is 0 Å². The van der Waals surface area contributed by atoms with E-state index < -0.39 is 0 Å². The summed E-state index contributed by atoms with van der Waals surface area (Å²) in [6.07, 6.45) is 0. The zero-order valence-corrected chi connectivity index (χ0v) is 12.4. The van der Waals surface area contributed by atoms with E-state index in [1.165, 1.54) is 0 Å². The Labute approximate surface area is 118 Å². The molecule has 0 aliphatic carbocycles.